The van der Waals surface area contributed by atoms with Crippen LogP contribution in [-0.2, 0) is 6.54 Å². The Morgan fingerprint density at radius 2 is 1.93 bits per heavy atom. The number of pyridine rings is 1. The second-order valence-electron chi connectivity index (χ2n) is 8.31. The molecular weight excluding hydrogens is 392 g/mol. The molecule has 0 saturated carbocycles. The van der Waals surface area contributed by atoms with Gasteiger partial charge >= 0.3 is 0 Å². The summed E-state index contributed by atoms with van der Waals surface area (Å²) >= 11 is 2.00. The summed E-state index contributed by atoms with van der Waals surface area (Å²) in [5.74, 6) is 1.89. The normalized spacial score (nSPS) is 17.3. The summed E-state index contributed by atoms with van der Waals surface area (Å²) in [6.07, 6.45) is 6.40. The third kappa shape index (κ3) is 3.98. The molecule has 30 heavy (non-hydrogen) atoms. The number of aromatic nitrogens is 3. The van der Waals surface area contributed by atoms with Crippen molar-refractivity contribution in [3.05, 3.63) is 48.8 Å². The van der Waals surface area contributed by atoms with E-state index in [1.54, 1.807) is 0 Å². The molecule has 0 amide bonds. The first-order valence-corrected chi connectivity index (χ1v) is 11.7. The van der Waals surface area contributed by atoms with Gasteiger partial charge in [-0.2, -0.15) is 0 Å². The highest BCUT2D eigenvalue weighted by atomic mass is 32.2. The average Bonchev–Trinajstić information content (AvgIpc) is 3.12. The monoisotopic (exact) mass is 420 g/mol. The molecule has 5 nitrogen and oxygen atoms in total. The minimum absolute atomic E-state index is 0.646. The van der Waals surface area contributed by atoms with Gasteiger partial charge in [-0.15, -0.1) is 11.8 Å². The Morgan fingerprint density at radius 1 is 1.07 bits per heavy atom. The van der Waals surface area contributed by atoms with Crippen LogP contribution < -0.4 is 4.74 Å². The molecule has 1 saturated heterocycles. The van der Waals surface area contributed by atoms with Crippen molar-refractivity contribution < 1.29 is 4.74 Å². The molecule has 4 heterocycles. The van der Waals surface area contributed by atoms with Crippen LogP contribution in [0.25, 0.3) is 22.8 Å². The molecule has 3 aromatic rings. The third-order valence-electron chi connectivity index (χ3n) is 6.00. The van der Waals surface area contributed by atoms with Crippen molar-refractivity contribution in [3.63, 3.8) is 0 Å². The zero-order valence-electron chi connectivity index (χ0n) is 17.6. The summed E-state index contributed by atoms with van der Waals surface area (Å²) in [5, 5.41) is 0.675. The maximum atomic E-state index is 6.03. The number of fused-ring (bicyclic) bond motifs is 3. The maximum Gasteiger partial charge on any atom is 0.144 e. The first-order chi connectivity index (χ1) is 14.7. The number of imidazole rings is 1. The van der Waals surface area contributed by atoms with Crippen molar-refractivity contribution in [2.24, 2.45) is 0 Å². The molecule has 0 unspecified atom stereocenters. The summed E-state index contributed by atoms with van der Waals surface area (Å²) < 4.78 is 8.23. The lowest BCUT2D eigenvalue weighted by Gasteiger charge is -2.34. The number of rotatable bonds is 4. The minimum Gasteiger partial charge on any atom is -0.491 e. The molecule has 156 valence electrons. The standard InChI is InChI=1S/C24H28N4OS/c1-17(2)27-11-8-18(9-12-27)30-19-6-7-23-20(15-19)24-26-22(16-28(24)13-14-29-23)21-5-3-4-10-25-21/h3-7,10,15-18H,8-9,11-14H2,1-2H3. The molecule has 0 radical (unpaired) electrons. The molecule has 2 aliphatic heterocycles. The molecule has 6 heteroatoms. The van der Waals surface area contributed by atoms with Gasteiger partial charge in [0.2, 0.25) is 0 Å². The first kappa shape index (κ1) is 19.6. The molecule has 0 N–H and O–H groups in total. The molecule has 0 bridgehead atoms. The van der Waals surface area contributed by atoms with Crippen LogP contribution >= 0.6 is 11.8 Å². The molecule has 1 aromatic carbocycles. The Labute approximate surface area is 182 Å². The van der Waals surface area contributed by atoms with Crippen molar-refractivity contribution in [1.82, 2.24) is 19.4 Å². The van der Waals surface area contributed by atoms with Crippen molar-refractivity contribution >= 4 is 11.8 Å². The van der Waals surface area contributed by atoms with Crippen LogP contribution in [0.1, 0.15) is 26.7 Å². The summed E-state index contributed by atoms with van der Waals surface area (Å²) in [5.41, 5.74) is 2.90. The van der Waals surface area contributed by atoms with E-state index in [9.17, 15) is 0 Å². The molecule has 2 aliphatic rings. The minimum atomic E-state index is 0.646. The largest absolute Gasteiger partial charge is 0.491 e. The van der Waals surface area contributed by atoms with Crippen LogP contribution in [0.3, 0.4) is 0 Å². The molecule has 1 fully saturated rings. The number of hydrogen-bond donors (Lipinski definition) is 0. The van der Waals surface area contributed by atoms with Gasteiger partial charge in [0.15, 0.2) is 0 Å². The Hall–Kier alpha value is -2.31. The van der Waals surface area contributed by atoms with E-state index in [2.05, 4.69) is 52.7 Å². The smallest absolute Gasteiger partial charge is 0.144 e. The lowest BCUT2D eigenvalue weighted by molar-refractivity contribution is 0.188. The number of likely N-dealkylation sites (tertiary alicyclic amines) is 1. The Kier molecular flexibility index (Phi) is 5.52. The van der Waals surface area contributed by atoms with Crippen molar-refractivity contribution in [3.8, 4) is 28.5 Å². The highest BCUT2D eigenvalue weighted by molar-refractivity contribution is 8.00. The predicted octanol–water partition coefficient (Wildman–Crippen LogP) is 4.97. The van der Waals surface area contributed by atoms with Gasteiger partial charge in [-0.05, 0) is 70.1 Å². The van der Waals surface area contributed by atoms with E-state index >= 15 is 0 Å². The number of benzene rings is 1. The van der Waals surface area contributed by atoms with Crippen LogP contribution in [0.4, 0.5) is 0 Å². The fourth-order valence-corrected chi connectivity index (χ4v) is 5.44. The fraction of sp³-hybridized carbons (Fsp3) is 0.417. The lowest BCUT2D eigenvalue weighted by Crippen LogP contribution is -2.39. The Balaban J connectivity index is 1.40. The number of piperidine rings is 1. The van der Waals surface area contributed by atoms with Gasteiger partial charge in [0.1, 0.15) is 23.9 Å². The average molecular weight is 421 g/mol. The molecule has 0 aliphatic carbocycles. The molecule has 2 aromatic heterocycles. The van der Waals surface area contributed by atoms with Crippen LogP contribution in [-0.4, -0.2) is 50.4 Å². The van der Waals surface area contributed by atoms with Gasteiger partial charge in [-0.25, -0.2) is 4.98 Å². The second-order valence-corrected chi connectivity index (χ2v) is 9.69. The SMILES string of the molecule is CC(C)N1CCC(Sc2ccc3c(c2)-c2nc(-c4ccccn4)cn2CCO3)CC1. The van der Waals surface area contributed by atoms with Crippen LogP contribution in [0.5, 0.6) is 5.75 Å². The second kappa shape index (κ2) is 8.44. The first-order valence-electron chi connectivity index (χ1n) is 10.8. The Bertz CT molecular complexity index is 1010. The van der Waals surface area contributed by atoms with E-state index in [1.807, 2.05) is 36.2 Å². The summed E-state index contributed by atoms with van der Waals surface area (Å²) in [7, 11) is 0. The van der Waals surface area contributed by atoms with Crippen molar-refractivity contribution in [1.29, 1.82) is 0 Å². The van der Waals surface area contributed by atoms with E-state index < -0.39 is 0 Å². The molecule has 0 spiro atoms. The van der Waals surface area contributed by atoms with Gasteiger partial charge in [0, 0.05) is 28.6 Å². The van der Waals surface area contributed by atoms with E-state index in [0.29, 0.717) is 17.9 Å². The summed E-state index contributed by atoms with van der Waals surface area (Å²) in [6, 6.07) is 13.2. The number of nitrogens with zero attached hydrogens (tertiary/aromatic N) is 4. The highest BCUT2D eigenvalue weighted by Gasteiger charge is 2.23. The van der Waals surface area contributed by atoms with Gasteiger partial charge in [0.05, 0.1) is 17.8 Å². The van der Waals surface area contributed by atoms with Gasteiger partial charge < -0.3 is 14.2 Å². The maximum absolute atomic E-state index is 6.03. The van der Waals surface area contributed by atoms with Gasteiger partial charge in [-0.1, -0.05) is 6.07 Å². The lowest BCUT2D eigenvalue weighted by atomic mass is 10.1. The fourth-order valence-electron chi connectivity index (χ4n) is 4.28. The van der Waals surface area contributed by atoms with Crippen LogP contribution in [0, 0.1) is 0 Å². The molecule has 0 atom stereocenters. The summed E-state index contributed by atoms with van der Waals surface area (Å²) in [6.45, 7) is 8.42. The van der Waals surface area contributed by atoms with Gasteiger partial charge in [0.25, 0.3) is 0 Å². The highest BCUT2D eigenvalue weighted by Crippen LogP contribution is 2.39. The number of ether oxygens (including phenoxy) is 1. The van der Waals surface area contributed by atoms with Gasteiger partial charge in [-0.3, -0.25) is 4.98 Å². The van der Waals surface area contributed by atoms with E-state index in [-0.39, 0.29) is 0 Å². The van der Waals surface area contributed by atoms with E-state index in [4.69, 9.17) is 9.72 Å². The van der Waals surface area contributed by atoms with Crippen LogP contribution in [0.15, 0.2) is 53.7 Å². The Morgan fingerprint density at radius 3 is 2.70 bits per heavy atom. The topological polar surface area (TPSA) is 43.2 Å². The van der Waals surface area contributed by atoms with Crippen LogP contribution in [0.2, 0.25) is 0 Å². The zero-order valence-corrected chi connectivity index (χ0v) is 18.4. The van der Waals surface area contributed by atoms with E-state index in [0.717, 1.165) is 35.1 Å². The summed E-state index contributed by atoms with van der Waals surface area (Å²) in [4.78, 5) is 13.3. The van der Waals surface area contributed by atoms with Crippen molar-refractivity contribution in [2.75, 3.05) is 19.7 Å². The number of thioether (sulfide) groups is 1. The molecular formula is C24H28N4OS. The van der Waals surface area contributed by atoms with Crippen molar-refractivity contribution in [2.45, 2.75) is 49.4 Å². The predicted molar refractivity (Wildman–Crippen MR) is 122 cm³/mol. The molecule has 5 rings (SSSR count). The third-order valence-corrected chi connectivity index (χ3v) is 7.33. The number of hydrogen-bond acceptors (Lipinski definition) is 5. The zero-order chi connectivity index (χ0) is 20.5. The quantitative estimate of drug-likeness (QED) is 0.596. The van der Waals surface area contributed by atoms with E-state index in [1.165, 1.54) is 30.8 Å².